The fourth-order valence-corrected chi connectivity index (χ4v) is 3.11. The van der Waals surface area contributed by atoms with E-state index in [2.05, 4.69) is 17.0 Å². The highest BCUT2D eigenvalue weighted by molar-refractivity contribution is 6.04. The minimum Gasteiger partial charge on any atom is -0.380 e. The summed E-state index contributed by atoms with van der Waals surface area (Å²) >= 11 is 0. The van der Waals surface area contributed by atoms with Crippen molar-refractivity contribution in [2.24, 2.45) is 5.73 Å². The molecule has 0 spiro atoms. The lowest BCUT2D eigenvalue weighted by atomic mass is 10.0. The molecule has 1 aromatic rings. The Labute approximate surface area is 119 Å². The van der Waals surface area contributed by atoms with Crippen molar-refractivity contribution < 1.29 is 9.53 Å². The van der Waals surface area contributed by atoms with E-state index in [0.29, 0.717) is 6.10 Å². The predicted molar refractivity (Wildman–Crippen MR) is 79.0 cm³/mol. The number of anilines is 2. The molecule has 2 heterocycles. The van der Waals surface area contributed by atoms with Crippen molar-refractivity contribution in [3.05, 3.63) is 23.8 Å². The van der Waals surface area contributed by atoms with Gasteiger partial charge in [0.05, 0.1) is 11.8 Å². The van der Waals surface area contributed by atoms with E-state index in [1.807, 2.05) is 6.07 Å². The lowest BCUT2D eigenvalue weighted by Crippen LogP contribution is -2.39. The van der Waals surface area contributed by atoms with Gasteiger partial charge in [-0.05, 0) is 25.0 Å². The molecule has 108 valence electrons. The smallest absolute Gasteiger partial charge is 0.248 e. The van der Waals surface area contributed by atoms with Gasteiger partial charge in [0.25, 0.3) is 0 Å². The molecule has 1 fully saturated rings. The maximum Gasteiger partial charge on any atom is 0.248 e. The molecule has 20 heavy (non-hydrogen) atoms. The quantitative estimate of drug-likeness (QED) is 0.883. The standard InChI is InChI=1S/C15H21N3O2/c1-17-13-8-10(5-6-12(13)14(16)15(17)19)18-7-3-4-11(9-18)20-2/h5-6,8,11,14H,3-4,7,9,16H2,1-2H3. The zero-order valence-corrected chi connectivity index (χ0v) is 12.0. The Morgan fingerprint density at radius 2 is 2.20 bits per heavy atom. The Morgan fingerprint density at radius 1 is 1.40 bits per heavy atom. The molecule has 2 unspecified atom stereocenters. The first kappa shape index (κ1) is 13.4. The number of likely N-dealkylation sites (N-methyl/N-ethyl adjacent to an activating group) is 1. The summed E-state index contributed by atoms with van der Waals surface area (Å²) in [6.45, 7) is 1.93. The van der Waals surface area contributed by atoms with Crippen LogP contribution in [0.4, 0.5) is 11.4 Å². The van der Waals surface area contributed by atoms with Crippen LogP contribution in [0.15, 0.2) is 18.2 Å². The number of benzene rings is 1. The average Bonchev–Trinajstić information content (AvgIpc) is 2.72. The van der Waals surface area contributed by atoms with Gasteiger partial charge in [-0.3, -0.25) is 4.79 Å². The van der Waals surface area contributed by atoms with Crippen LogP contribution < -0.4 is 15.5 Å². The normalized spacial score (nSPS) is 26.1. The van der Waals surface area contributed by atoms with Crippen molar-refractivity contribution in [3.63, 3.8) is 0 Å². The number of hydrogen-bond donors (Lipinski definition) is 1. The van der Waals surface area contributed by atoms with Gasteiger partial charge in [-0.25, -0.2) is 0 Å². The van der Waals surface area contributed by atoms with Crippen LogP contribution in [0.1, 0.15) is 24.4 Å². The van der Waals surface area contributed by atoms with E-state index in [1.165, 1.54) is 0 Å². The molecule has 5 heteroatoms. The fourth-order valence-electron chi connectivity index (χ4n) is 3.11. The number of ether oxygens (including phenoxy) is 1. The SMILES string of the molecule is COC1CCCN(c2ccc3c(c2)N(C)C(=O)C3N)C1. The van der Waals surface area contributed by atoms with Gasteiger partial charge >= 0.3 is 0 Å². The number of hydrogen-bond acceptors (Lipinski definition) is 4. The van der Waals surface area contributed by atoms with Gasteiger partial charge in [-0.15, -0.1) is 0 Å². The molecule has 1 saturated heterocycles. The summed E-state index contributed by atoms with van der Waals surface area (Å²) in [4.78, 5) is 15.9. The number of nitrogens with zero attached hydrogens (tertiary/aromatic N) is 2. The van der Waals surface area contributed by atoms with Crippen molar-refractivity contribution in [1.82, 2.24) is 0 Å². The third-order valence-corrected chi connectivity index (χ3v) is 4.38. The Hall–Kier alpha value is -1.59. The first-order valence-corrected chi connectivity index (χ1v) is 7.06. The molecule has 2 atom stereocenters. The third-order valence-electron chi connectivity index (χ3n) is 4.38. The van der Waals surface area contributed by atoms with Crippen molar-refractivity contribution in [2.45, 2.75) is 25.0 Å². The first-order valence-electron chi connectivity index (χ1n) is 7.06. The molecule has 0 aliphatic carbocycles. The van der Waals surface area contributed by atoms with Crippen LogP contribution in [0.25, 0.3) is 0 Å². The average molecular weight is 275 g/mol. The first-order chi connectivity index (χ1) is 9.61. The molecule has 3 rings (SSSR count). The molecule has 0 saturated carbocycles. The van der Waals surface area contributed by atoms with E-state index in [-0.39, 0.29) is 5.91 Å². The predicted octanol–water partition coefficient (Wildman–Crippen LogP) is 1.28. The van der Waals surface area contributed by atoms with Crippen molar-refractivity contribution in [3.8, 4) is 0 Å². The van der Waals surface area contributed by atoms with Crippen molar-refractivity contribution in [1.29, 1.82) is 0 Å². The second-order valence-corrected chi connectivity index (χ2v) is 5.56. The second-order valence-electron chi connectivity index (χ2n) is 5.56. The van der Waals surface area contributed by atoms with Crippen LogP contribution in [0.5, 0.6) is 0 Å². The monoisotopic (exact) mass is 275 g/mol. The van der Waals surface area contributed by atoms with Crippen LogP contribution in [0.2, 0.25) is 0 Å². The van der Waals surface area contributed by atoms with Gasteiger partial charge in [0, 0.05) is 38.5 Å². The van der Waals surface area contributed by atoms with E-state index >= 15 is 0 Å². The molecular weight excluding hydrogens is 254 g/mol. The summed E-state index contributed by atoms with van der Waals surface area (Å²) in [7, 11) is 3.55. The highest BCUT2D eigenvalue weighted by atomic mass is 16.5. The number of rotatable bonds is 2. The zero-order valence-electron chi connectivity index (χ0n) is 12.0. The summed E-state index contributed by atoms with van der Waals surface area (Å²) in [6, 6.07) is 5.59. The van der Waals surface area contributed by atoms with Gasteiger partial charge in [-0.1, -0.05) is 6.07 Å². The van der Waals surface area contributed by atoms with E-state index in [0.717, 1.165) is 42.9 Å². The molecule has 1 aromatic carbocycles. The Kier molecular flexibility index (Phi) is 3.40. The third kappa shape index (κ3) is 2.07. The molecule has 2 N–H and O–H groups in total. The van der Waals surface area contributed by atoms with Crippen molar-refractivity contribution in [2.75, 3.05) is 37.0 Å². The van der Waals surface area contributed by atoms with Crippen LogP contribution in [-0.2, 0) is 9.53 Å². The number of piperidine rings is 1. The maximum atomic E-state index is 11.9. The van der Waals surface area contributed by atoms with Crippen LogP contribution in [0.3, 0.4) is 0 Å². The Morgan fingerprint density at radius 3 is 2.95 bits per heavy atom. The van der Waals surface area contributed by atoms with Crippen LogP contribution >= 0.6 is 0 Å². The molecule has 2 aliphatic rings. The number of carbonyl (C=O) groups excluding carboxylic acids is 1. The van der Waals surface area contributed by atoms with Gasteiger partial charge in [-0.2, -0.15) is 0 Å². The van der Waals surface area contributed by atoms with Crippen molar-refractivity contribution >= 4 is 17.3 Å². The molecular formula is C15H21N3O2. The number of carbonyl (C=O) groups is 1. The second kappa shape index (κ2) is 5.07. The molecule has 5 nitrogen and oxygen atoms in total. The lowest BCUT2D eigenvalue weighted by molar-refractivity contribution is -0.118. The molecule has 0 radical (unpaired) electrons. The summed E-state index contributed by atoms with van der Waals surface area (Å²) in [5, 5.41) is 0. The molecule has 0 aromatic heterocycles. The fraction of sp³-hybridized carbons (Fsp3) is 0.533. The Balaban J connectivity index is 1.88. The van der Waals surface area contributed by atoms with E-state index < -0.39 is 6.04 Å². The summed E-state index contributed by atoms with van der Waals surface area (Å²) in [5.41, 5.74) is 8.91. The highest BCUT2D eigenvalue weighted by Gasteiger charge is 2.33. The Bertz CT molecular complexity index is 532. The number of methoxy groups -OCH3 is 1. The molecule has 0 bridgehead atoms. The van der Waals surface area contributed by atoms with Crippen LogP contribution in [-0.4, -0.2) is 39.3 Å². The molecule has 2 aliphatic heterocycles. The summed E-state index contributed by atoms with van der Waals surface area (Å²) in [6.07, 6.45) is 2.53. The minimum absolute atomic E-state index is 0.0365. The minimum atomic E-state index is -0.517. The summed E-state index contributed by atoms with van der Waals surface area (Å²) in [5.74, 6) is -0.0365. The van der Waals surface area contributed by atoms with E-state index in [4.69, 9.17) is 10.5 Å². The zero-order chi connectivity index (χ0) is 14.3. The van der Waals surface area contributed by atoms with E-state index in [1.54, 1.807) is 19.1 Å². The largest absolute Gasteiger partial charge is 0.380 e. The van der Waals surface area contributed by atoms with Gasteiger partial charge in [0.15, 0.2) is 0 Å². The van der Waals surface area contributed by atoms with Gasteiger partial charge < -0.3 is 20.3 Å². The summed E-state index contributed by atoms with van der Waals surface area (Å²) < 4.78 is 5.46. The number of nitrogens with two attached hydrogens (primary N) is 1. The van der Waals surface area contributed by atoms with E-state index in [9.17, 15) is 4.79 Å². The highest BCUT2D eigenvalue weighted by Crippen LogP contribution is 2.36. The topological polar surface area (TPSA) is 58.8 Å². The van der Waals surface area contributed by atoms with Gasteiger partial charge in [0.1, 0.15) is 6.04 Å². The lowest BCUT2D eigenvalue weighted by Gasteiger charge is -2.34. The number of fused-ring (bicyclic) bond motifs is 1. The van der Waals surface area contributed by atoms with Gasteiger partial charge in [0.2, 0.25) is 5.91 Å². The molecule has 1 amide bonds. The van der Waals surface area contributed by atoms with Crippen LogP contribution in [0, 0.1) is 0 Å². The maximum absolute atomic E-state index is 11.9. The number of amides is 1.